The number of aliphatic hydroxyl groups is 1. The Kier molecular flexibility index (Phi) is 4.90. The fourth-order valence-corrected chi connectivity index (χ4v) is 2.57. The second-order valence-electron chi connectivity index (χ2n) is 5.86. The van der Waals surface area contributed by atoms with Gasteiger partial charge in [0.15, 0.2) is 0 Å². The van der Waals surface area contributed by atoms with Crippen molar-refractivity contribution in [1.29, 1.82) is 0 Å². The second kappa shape index (κ2) is 7.13. The molecule has 7 heteroatoms. The molecule has 0 saturated heterocycles. The van der Waals surface area contributed by atoms with Crippen molar-refractivity contribution < 1.29 is 18.3 Å². The molecule has 0 fully saturated rings. The van der Waals surface area contributed by atoms with Gasteiger partial charge in [-0.1, -0.05) is 24.3 Å². The molecule has 0 radical (unpaired) electrons. The van der Waals surface area contributed by atoms with Crippen LogP contribution in [0.5, 0.6) is 0 Å². The van der Waals surface area contributed by atoms with E-state index in [4.69, 9.17) is 0 Å². The number of hydrogen-bond acceptors (Lipinski definition) is 3. The highest BCUT2D eigenvalue weighted by molar-refractivity contribution is 5.53. The predicted octanol–water partition coefficient (Wildman–Crippen LogP) is 3.90. The van der Waals surface area contributed by atoms with E-state index in [0.29, 0.717) is 11.1 Å². The lowest BCUT2D eigenvalue weighted by Crippen LogP contribution is -2.29. The smallest absolute Gasteiger partial charge is 0.379 e. The maximum absolute atomic E-state index is 12.9. The molecule has 3 aromatic rings. The van der Waals surface area contributed by atoms with Crippen molar-refractivity contribution in [3.8, 4) is 0 Å². The minimum Gasteiger partial charge on any atom is -0.379 e. The molecule has 0 saturated carbocycles. The Bertz CT molecular complexity index is 877. The molecule has 0 amide bonds. The van der Waals surface area contributed by atoms with Gasteiger partial charge in [-0.25, -0.2) is 4.98 Å². The Labute approximate surface area is 148 Å². The van der Waals surface area contributed by atoms with Crippen molar-refractivity contribution in [3.05, 3.63) is 90.3 Å². The lowest BCUT2D eigenvalue weighted by molar-refractivity contribution is -0.137. The number of benzene rings is 1. The van der Waals surface area contributed by atoms with E-state index in [9.17, 15) is 18.3 Å². The maximum Gasteiger partial charge on any atom is 0.416 e. The van der Waals surface area contributed by atoms with Crippen LogP contribution >= 0.6 is 0 Å². The van der Waals surface area contributed by atoms with Gasteiger partial charge in [-0.05, 0) is 29.8 Å². The van der Waals surface area contributed by atoms with E-state index in [0.717, 1.165) is 12.1 Å². The number of hydrogen-bond donors (Lipinski definition) is 1. The molecule has 4 nitrogen and oxygen atoms in total. The summed E-state index contributed by atoms with van der Waals surface area (Å²) < 4.78 is 40.3. The van der Waals surface area contributed by atoms with Gasteiger partial charge in [0.1, 0.15) is 5.60 Å². The van der Waals surface area contributed by atoms with Gasteiger partial charge >= 0.3 is 6.18 Å². The number of alkyl halides is 3. The van der Waals surface area contributed by atoms with Gasteiger partial charge in [-0.3, -0.25) is 4.98 Å². The number of halogens is 3. The zero-order valence-corrected chi connectivity index (χ0v) is 13.6. The topological polar surface area (TPSA) is 50.9 Å². The Morgan fingerprint density at radius 2 is 1.85 bits per heavy atom. The summed E-state index contributed by atoms with van der Waals surface area (Å²) >= 11 is 0. The van der Waals surface area contributed by atoms with Crippen LogP contribution in [-0.4, -0.2) is 19.6 Å². The zero-order chi connectivity index (χ0) is 18.6. The lowest BCUT2D eigenvalue weighted by Gasteiger charge is -2.25. The van der Waals surface area contributed by atoms with Gasteiger partial charge in [0.25, 0.3) is 0 Å². The molecule has 1 N–H and O–H groups in total. The second-order valence-corrected chi connectivity index (χ2v) is 5.86. The summed E-state index contributed by atoms with van der Waals surface area (Å²) in [6.07, 6.45) is 6.46. The third-order valence-electron chi connectivity index (χ3n) is 3.91. The molecule has 3 rings (SSSR count). The highest BCUT2D eigenvalue weighted by atomic mass is 19.4. The van der Waals surface area contributed by atoms with E-state index in [-0.39, 0.29) is 6.54 Å². The summed E-state index contributed by atoms with van der Waals surface area (Å²) in [4.78, 5) is 7.96. The monoisotopic (exact) mass is 359 g/mol. The van der Waals surface area contributed by atoms with Crippen LogP contribution in [-0.2, 0) is 18.3 Å². The molecule has 2 heterocycles. The van der Waals surface area contributed by atoms with E-state index in [2.05, 4.69) is 9.97 Å². The summed E-state index contributed by atoms with van der Waals surface area (Å²) in [6, 6.07) is 8.33. The summed E-state index contributed by atoms with van der Waals surface area (Å²) in [5.41, 5.74) is -1.33. The van der Waals surface area contributed by atoms with Gasteiger partial charge in [0, 0.05) is 30.4 Å². The molecule has 1 aromatic carbocycles. The van der Waals surface area contributed by atoms with Crippen LogP contribution < -0.4 is 0 Å². The van der Waals surface area contributed by atoms with Crippen LogP contribution in [0.15, 0.2) is 73.6 Å². The molecular formula is C19H16F3N3O. The number of pyridine rings is 1. The van der Waals surface area contributed by atoms with Crippen molar-refractivity contribution >= 4 is 6.08 Å². The molecule has 0 spiro atoms. The standard InChI is InChI=1S/C19H16F3N3O/c20-19(21,22)16-4-1-3-15(11-16)6-7-18(26,13-25-10-9-24-14-25)17-5-2-8-23-12-17/h1-12,14,26H,13H2. The predicted molar refractivity (Wildman–Crippen MR) is 90.8 cm³/mol. The lowest BCUT2D eigenvalue weighted by atomic mass is 9.93. The van der Waals surface area contributed by atoms with Crippen LogP contribution in [0.25, 0.3) is 6.08 Å². The van der Waals surface area contributed by atoms with Crippen molar-refractivity contribution in [2.75, 3.05) is 0 Å². The Morgan fingerprint density at radius 3 is 2.50 bits per heavy atom. The minimum absolute atomic E-state index is 0.147. The van der Waals surface area contributed by atoms with Crippen LogP contribution in [0.2, 0.25) is 0 Å². The summed E-state index contributed by atoms with van der Waals surface area (Å²) in [7, 11) is 0. The number of nitrogens with zero attached hydrogens (tertiary/aromatic N) is 3. The van der Waals surface area contributed by atoms with E-state index >= 15 is 0 Å². The zero-order valence-electron chi connectivity index (χ0n) is 13.6. The molecular weight excluding hydrogens is 343 g/mol. The number of rotatable bonds is 5. The van der Waals surface area contributed by atoms with Gasteiger partial charge in [-0.2, -0.15) is 13.2 Å². The highest BCUT2D eigenvalue weighted by Crippen LogP contribution is 2.30. The number of imidazole rings is 1. The summed E-state index contributed by atoms with van der Waals surface area (Å²) in [6.45, 7) is 0.147. The first-order valence-corrected chi connectivity index (χ1v) is 7.82. The molecule has 0 aliphatic heterocycles. The first kappa shape index (κ1) is 17.9. The van der Waals surface area contributed by atoms with Gasteiger partial charge in [0.2, 0.25) is 0 Å². The van der Waals surface area contributed by atoms with Crippen molar-refractivity contribution in [3.63, 3.8) is 0 Å². The Morgan fingerprint density at radius 1 is 1.04 bits per heavy atom. The third kappa shape index (κ3) is 4.18. The van der Waals surface area contributed by atoms with Crippen molar-refractivity contribution in [2.45, 2.75) is 18.3 Å². The SMILES string of the molecule is OC(C=Cc1cccc(C(F)(F)F)c1)(Cn1ccnc1)c1cccnc1. The maximum atomic E-state index is 12.9. The normalized spacial score (nSPS) is 14.5. The number of aromatic nitrogens is 3. The molecule has 1 atom stereocenters. The van der Waals surface area contributed by atoms with E-state index in [1.54, 1.807) is 47.7 Å². The summed E-state index contributed by atoms with van der Waals surface area (Å²) in [5, 5.41) is 11.1. The van der Waals surface area contributed by atoms with Crippen LogP contribution in [0.4, 0.5) is 13.2 Å². The molecule has 0 aliphatic carbocycles. The van der Waals surface area contributed by atoms with E-state index < -0.39 is 17.3 Å². The van der Waals surface area contributed by atoms with Gasteiger partial charge in [-0.15, -0.1) is 0 Å². The fourth-order valence-electron chi connectivity index (χ4n) is 2.57. The van der Waals surface area contributed by atoms with Gasteiger partial charge in [0.05, 0.1) is 18.4 Å². The molecule has 1 unspecified atom stereocenters. The highest BCUT2D eigenvalue weighted by Gasteiger charge is 2.30. The summed E-state index contributed by atoms with van der Waals surface area (Å²) in [5.74, 6) is 0. The average molecular weight is 359 g/mol. The van der Waals surface area contributed by atoms with Crippen LogP contribution in [0, 0.1) is 0 Å². The van der Waals surface area contributed by atoms with E-state index in [1.165, 1.54) is 24.4 Å². The van der Waals surface area contributed by atoms with Crippen LogP contribution in [0.1, 0.15) is 16.7 Å². The minimum atomic E-state index is -4.42. The Balaban J connectivity index is 1.94. The van der Waals surface area contributed by atoms with Crippen LogP contribution in [0.3, 0.4) is 0 Å². The molecule has 0 aliphatic rings. The quantitative estimate of drug-likeness (QED) is 0.752. The molecule has 26 heavy (non-hydrogen) atoms. The molecule has 0 bridgehead atoms. The first-order valence-electron chi connectivity index (χ1n) is 7.82. The van der Waals surface area contributed by atoms with Crippen molar-refractivity contribution in [1.82, 2.24) is 14.5 Å². The Hall–Kier alpha value is -2.93. The van der Waals surface area contributed by atoms with Gasteiger partial charge < -0.3 is 9.67 Å². The fraction of sp³-hybridized carbons (Fsp3) is 0.158. The third-order valence-corrected chi connectivity index (χ3v) is 3.91. The average Bonchev–Trinajstić information content (AvgIpc) is 3.13. The molecule has 134 valence electrons. The van der Waals surface area contributed by atoms with E-state index in [1.807, 2.05) is 0 Å². The molecule has 2 aromatic heterocycles. The van der Waals surface area contributed by atoms with Crippen molar-refractivity contribution in [2.24, 2.45) is 0 Å². The first-order chi connectivity index (χ1) is 12.4. The largest absolute Gasteiger partial charge is 0.416 e.